The number of guanidine groups is 1. The summed E-state index contributed by atoms with van der Waals surface area (Å²) in [5.74, 6) is 1.00. The van der Waals surface area contributed by atoms with Crippen molar-refractivity contribution in [3.05, 3.63) is 29.8 Å². The predicted molar refractivity (Wildman–Crippen MR) is 77.0 cm³/mol. The zero-order valence-electron chi connectivity index (χ0n) is 11.2. The van der Waals surface area contributed by atoms with Crippen LogP contribution >= 0.6 is 0 Å². The molecule has 4 nitrogen and oxygen atoms in total. The lowest BCUT2D eigenvalue weighted by Crippen LogP contribution is -2.35. The number of aliphatic imine (C=N–C) groups is 1. The van der Waals surface area contributed by atoms with E-state index in [9.17, 15) is 0 Å². The number of rotatable bonds is 5. The summed E-state index contributed by atoms with van der Waals surface area (Å²) in [6.07, 6.45) is 1.15. The standard InChI is InChI=1S/C14H22N4/c1-3-8-15-13-6-4-12(5-7-13)11-17-14-16-9-10-18(14)2/h4-7,15H,3,8-11H2,1-2H3,(H,16,17). The summed E-state index contributed by atoms with van der Waals surface area (Å²) in [7, 11) is 2.07. The number of benzene rings is 1. The average Bonchev–Trinajstić information content (AvgIpc) is 2.81. The lowest BCUT2D eigenvalue weighted by Gasteiger charge is -2.15. The van der Waals surface area contributed by atoms with Gasteiger partial charge in [-0.3, -0.25) is 4.99 Å². The molecule has 1 aliphatic rings. The maximum atomic E-state index is 4.41. The SMILES string of the molecule is CCCNc1ccc(CNC2=NCCN2C)cc1. The van der Waals surface area contributed by atoms with Crippen LogP contribution in [0.5, 0.6) is 0 Å². The Morgan fingerprint density at radius 3 is 2.61 bits per heavy atom. The lowest BCUT2D eigenvalue weighted by atomic mass is 10.2. The molecule has 1 heterocycles. The minimum atomic E-state index is 0.831. The summed E-state index contributed by atoms with van der Waals surface area (Å²) < 4.78 is 0. The molecule has 18 heavy (non-hydrogen) atoms. The molecule has 0 radical (unpaired) electrons. The average molecular weight is 246 g/mol. The van der Waals surface area contributed by atoms with E-state index in [1.165, 1.54) is 11.3 Å². The molecule has 1 aromatic carbocycles. The zero-order valence-corrected chi connectivity index (χ0v) is 11.2. The number of anilines is 1. The van der Waals surface area contributed by atoms with E-state index in [2.05, 4.69) is 58.8 Å². The van der Waals surface area contributed by atoms with Crippen molar-refractivity contribution in [2.75, 3.05) is 32.0 Å². The van der Waals surface area contributed by atoms with Crippen LogP contribution in [0.15, 0.2) is 29.3 Å². The van der Waals surface area contributed by atoms with E-state index in [1.807, 2.05) is 0 Å². The van der Waals surface area contributed by atoms with Gasteiger partial charge in [0.05, 0.1) is 6.54 Å². The van der Waals surface area contributed by atoms with Crippen molar-refractivity contribution in [1.82, 2.24) is 10.2 Å². The minimum absolute atomic E-state index is 0.831. The van der Waals surface area contributed by atoms with Crippen LogP contribution in [0.25, 0.3) is 0 Å². The van der Waals surface area contributed by atoms with Gasteiger partial charge < -0.3 is 15.5 Å². The lowest BCUT2D eigenvalue weighted by molar-refractivity contribution is 0.534. The van der Waals surface area contributed by atoms with Crippen molar-refractivity contribution < 1.29 is 0 Å². The third-order valence-electron chi connectivity index (χ3n) is 3.04. The van der Waals surface area contributed by atoms with Crippen LogP contribution in [-0.2, 0) is 6.54 Å². The smallest absolute Gasteiger partial charge is 0.194 e. The topological polar surface area (TPSA) is 39.7 Å². The second-order valence-corrected chi connectivity index (χ2v) is 4.60. The van der Waals surface area contributed by atoms with E-state index in [4.69, 9.17) is 0 Å². The van der Waals surface area contributed by atoms with Gasteiger partial charge in [0.25, 0.3) is 0 Å². The fraction of sp³-hybridized carbons (Fsp3) is 0.500. The normalized spacial score (nSPS) is 14.6. The molecule has 0 saturated carbocycles. The minimum Gasteiger partial charge on any atom is -0.385 e. The van der Waals surface area contributed by atoms with Gasteiger partial charge in [-0.05, 0) is 24.1 Å². The van der Waals surface area contributed by atoms with Crippen LogP contribution in [0.1, 0.15) is 18.9 Å². The van der Waals surface area contributed by atoms with Crippen molar-refractivity contribution in [1.29, 1.82) is 0 Å². The quantitative estimate of drug-likeness (QED) is 0.833. The molecule has 0 unspecified atom stereocenters. The second-order valence-electron chi connectivity index (χ2n) is 4.60. The molecular weight excluding hydrogens is 224 g/mol. The number of hydrogen-bond acceptors (Lipinski definition) is 4. The number of likely N-dealkylation sites (N-methyl/N-ethyl adjacent to an activating group) is 1. The van der Waals surface area contributed by atoms with E-state index in [1.54, 1.807) is 0 Å². The van der Waals surface area contributed by atoms with Gasteiger partial charge in [0, 0.05) is 32.4 Å². The molecule has 0 bridgehead atoms. The predicted octanol–water partition coefficient (Wildman–Crippen LogP) is 1.90. The van der Waals surface area contributed by atoms with Crippen molar-refractivity contribution in [2.24, 2.45) is 4.99 Å². The molecule has 0 atom stereocenters. The Kier molecular flexibility index (Phi) is 4.45. The molecule has 0 spiro atoms. The maximum absolute atomic E-state index is 4.41. The molecule has 0 aliphatic carbocycles. The van der Waals surface area contributed by atoms with E-state index in [-0.39, 0.29) is 0 Å². The molecule has 1 aliphatic heterocycles. The van der Waals surface area contributed by atoms with E-state index < -0.39 is 0 Å². The van der Waals surface area contributed by atoms with Gasteiger partial charge in [-0.2, -0.15) is 0 Å². The Balaban J connectivity index is 1.83. The maximum Gasteiger partial charge on any atom is 0.194 e. The summed E-state index contributed by atoms with van der Waals surface area (Å²) in [6, 6.07) is 8.57. The fourth-order valence-electron chi connectivity index (χ4n) is 1.91. The Morgan fingerprint density at radius 1 is 1.22 bits per heavy atom. The van der Waals surface area contributed by atoms with Crippen molar-refractivity contribution in [2.45, 2.75) is 19.9 Å². The van der Waals surface area contributed by atoms with Gasteiger partial charge in [0.15, 0.2) is 5.96 Å². The van der Waals surface area contributed by atoms with Crippen LogP contribution in [0, 0.1) is 0 Å². The van der Waals surface area contributed by atoms with Crippen molar-refractivity contribution in [3.8, 4) is 0 Å². The Bertz CT molecular complexity index is 397. The van der Waals surface area contributed by atoms with Gasteiger partial charge in [-0.15, -0.1) is 0 Å². The van der Waals surface area contributed by atoms with E-state index in [0.29, 0.717) is 0 Å². The van der Waals surface area contributed by atoms with E-state index in [0.717, 1.165) is 38.6 Å². The molecule has 1 aromatic rings. The molecule has 0 fully saturated rings. The fourth-order valence-corrected chi connectivity index (χ4v) is 1.91. The van der Waals surface area contributed by atoms with Crippen LogP contribution in [0.2, 0.25) is 0 Å². The first-order valence-corrected chi connectivity index (χ1v) is 6.62. The molecule has 0 saturated heterocycles. The van der Waals surface area contributed by atoms with Crippen molar-refractivity contribution >= 4 is 11.6 Å². The second kappa shape index (κ2) is 6.28. The number of hydrogen-bond donors (Lipinski definition) is 2. The van der Waals surface area contributed by atoms with Gasteiger partial charge in [0.1, 0.15) is 0 Å². The summed E-state index contributed by atoms with van der Waals surface area (Å²) >= 11 is 0. The highest BCUT2D eigenvalue weighted by molar-refractivity contribution is 5.81. The van der Waals surface area contributed by atoms with Crippen LogP contribution in [0.3, 0.4) is 0 Å². The van der Waals surface area contributed by atoms with Gasteiger partial charge in [-0.25, -0.2) is 0 Å². The molecule has 4 heteroatoms. The van der Waals surface area contributed by atoms with Gasteiger partial charge in [-0.1, -0.05) is 19.1 Å². The first kappa shape index (κ1) is 12.7. The molecule has 0 aromatic heterocycles. The summed E-state index contributed by atoms with van der Waals surface area (Å²) in [4.78, 5) is 6.56. The zero-order chi connectivity index (χ0) is 12.8. The van der Waals surface area contributed by atoms with E-state index >= 15 is 0 Å². The Labute approximate surface area is 109 Å². The third kappa shape index (κ3) is 3.39. The highest BCUT2D eigenvalue weighted by Gasteiger charge is 2.10. The molecule has 2 rings (SSSR count). The first-order chi connectivity index (χ1) is 8.79. The molecule has 98 valence electrons. The summed E-state index contributed by atoms with van der Waals surface area (Å²) in [5, 5.41) is 6.74. The van der Waals surface area contributed by atoms with Crippen LogP contribution in [0.4, 0.5) is 5.69 Å². The van der Waals surface area contributed by atoms with Gasteiger partial charge >= 0.3 is 0 Å². The monoisotopic (exact) mass is 246 g/mol. The summed E-state index contributed by atoms with van der Waals surface area (Å²) in [6.45, 7) is 5.95. The molecule has 2 N–H and O–H groups in total. The number of nitrogens with one attached hydrogen (secondary N) is 2. The van der Waals surface area contributed by atoms with Gasteiger partial charge in [0.2, 0.25) is 0 Å². The molecular formula is C14H22N4. The summed E-state index contributed by atoms with van der Waals surface area (Å²) in [5.41, 5.74) is 2.47. The first-order valence-electron chi connectivity index (χ1n) is 6.62. The largest absolute Gasteiger partial charge is 0.385 e. The number of nitrogens with zero attached hydrogens (tertiary/aromatic N) is 2. The molecule has 0 amide bonds. The Hall–Kier alpha value is -1.71. The van der Waals surface area contributed by atoms with Crippen LogP contribution < -0.4 is 10.6 Å². The highest BCUT2D eigenvalue weighted by atomic mass is 15.3. The Morgan fingerprint density at radius 2 is 2.00 bits per heavy atom. The highest BCUT2D eigenvalue weighted by Crippen LogP contribution is 2.09. The van der Waals surface area contributed by atoms with Crippen molar-refractivity contribution in [3.63, 3.8) is 0 Å². The van der Waals surface area contributed by atoms with Crippen LogP contribution in [-0.4, -0.2) is 37.5 Å². The third-order valence-corrected chi connectivity index (χ3v) is 3.04.